The molecule has 0 radical (unpaired) electrons. The smallest absolute Gasteiger partial charge is 0.358 e. The first kappa shape index (κ1) is 59.2. The molecule has 0 aromatic heterocycles. The maximum atomic E-state index is 14.0. The monoisotopic (exact) mass is 1170 g/mol. The zero-order chi connectivity index (χ0) is 58.1. The molecule has 4 heterocycles. The molecule has 2 aliphatic carbocycles. The molecule has 6 aromatic rings. The zero-order valence-electron chi connectivity index (χ0n) is 46.4. The Balaban J connectivity index is 0.000000166. The number of carboxylic acids is 1. The van der Waals surface area contributed by atoms with Gasteiger partial charge in [0.05, 0.1) is 34.4 Å². The largest absolute Gasteiger partial charge is 0.489 e. The minimum Gasteiger partial charge on any atom is -0.489 e. The van der Waals surface area contributed by atoms with Crippen molar-refractivity contribution in [3.8, 4) is 33.8 Å². The Labute approximate surface area is 493 Å². The molecule has 19 heteroatoms. The zero-order valence-corrected chi connectivity index (χ0v) is 47.9. The number of oxime groups is 2. The van der Waals surface area contributed by atoms with E-state index in [2.05, 4.69) is 25.4 Å². The number of hydrogen-bond donors (Lipinski definition) is 4. The molecule has 0 bridgehead atoms. The summed E-state index contributed by atoms with van der Waals surface area (Å²) in [6, 6.07) is 33.8. The van der Waals surface area contributed by atoms with Crippen LogP contribution in [-0.4, -0.2) is 131 Å². The number of ether oxygens (including phenoxy) is 2. The lowest BCUT2D eigenvalue weighted by Crippen LogP contribution is -2.50. The topological polar surface area (TPSA) is 178 Å². The van der Waals surface area contributed by atoms with Gasteiger partial charge in [-0.1, -0.05) is 94.2 Å². The quantitative estimate of drug-likeness (QED) is 0.0641. The second-order valence-corrected chi connectivity index (χ2v) is 22.6. The highest BCUT2D eigenvalue weighted by molar-refractivity contribution is 6.45. The summed E-state index contributed by atoms with van der Waals surface area (Å²) < 4.78 is 38.0. The lowest BCUT2D eigenvalue weighted by molar-refractivity contribution is -0.129. The molecule has 15 nitrogen and oxygen atoms in total. The number of nitrogens with zero attached hydrogens (tertiary/aromatic N) is 5. The fraction of sp³-hybridized carbons (Fsp3) is 0.375. The van der Waals surface area contributed by atoms with Crippen LogP contribution in [0.1, 0.15) is 98.4 Å². The van der Waals surface area contributed by atoms with Gasteiger partial charge in [-0.2, -0.15) is 0 Å². The van der Waals surface area contributed by atoms with Gasteiger partial charge in [0.25, 0.3) is 5.91 Å². The molecule has 12 rings (SSSR count). The Morgan fingerprint density at radius 1 is 0.639 bits per heavy atom. The number of aliphatic hydroxyl groups is 2. The van der Waals surface area contributed by atoms with Crippen LogP contribution in [0.25, 0.3) is 22.3 Å². The lowest BCUT2D eigenvalue weighted by Gasteiger charge is -2.35. The molecule has 4 N–H and O–H groups in total. The van der Waals surface area contributed by atoms with E-state index in [0.717, 1.165) is 116 Å². The van der Waals surface area contributed by atoms with Gasteiger partial charge < -0.3 is 54.5 Å². The number of hydrogen-bond acceptors (Lipinski definition) is 13. The molecule has 2 saturated carbocycles. The van der Waals surface area contributed by atoms with Gasteiger partial charge in [-0.3, -0.25) is 4.79 Å². The summed E-state index contributed by atoms with van der Waals surface area (Å²) in [5.74, 6) is -0.732. The van der Waals surface area contributed by atoms with E-state index in [9.17, 15) is 28.6 Å². The van der Waals surface area contributed by atoms with Gasteiger partial charge in [0.15, 0.2) is 11.4 Å². The summed E-state index contributed by atoms with van der Waals surface area (Å²) in [7, 11) is 3.60. The van der Waals surface area contributed by atoms with Gasteiger partial charge in [-0.25, -0.2) is 13.6 Å². The molecule has 4 fully saturated rings. The third-order valence-corrected chi connectivity index (χ3v) is 16.3. The van der Waals surface area contributed by atoms with Crippen LogP contribution in [0.5, 0.6) is 11.5 Å². The Morgan fingerprint density at radius 3 is 1.52 bits per heavy atom. The van der Waals surface area contributed by atoms with Crippen LogP contribution >= 0.6 is 23.2 Å². The molecule has 1 amide bonds. The van der Waals surface area contributed by atoms with Gasteiger partial charge in [-0.15, -0.1) is 0 Å². The summed E-state index contributed by atoms with van der Waals surface area (Å²) in [6.45, 7) is 5.89. The molecule has 2 saturated heterocycles. The maximum absolute atomic E-state index is 14.0. The van der Waals surface area contributed by atoms with E-state index >= 15 is 0 Å². The molecule has 4 atom stereocenters. The SMILES string of the molecule is CN(C(=O)C1=NOCc2cc(-c3ccc(F)cc3)ccc21)[C@H](CN1CCCC1)[C@H](O)c1ccc(OC2CC2)c(Cl)c1.CN[C@H](CN1CCCC1)[C@H](O)c1ccc(OC2CC2)c(Cl)c1.O=C(O)C1=NOCc2cc(-c3ccc(F)cc3)ccc21.[HH]. The number of benzene rings is 6. The molecule has 0 spiro atoms. The number of carboxylic acid groups (broad SMARTS) is 1. The van der Waals surface area contributed by atoms with Crippen molar-refractivity contribution in [1.29, 1.82) is 0 Å². The highest BCUT2D eigenvalue weighted by Gasteiger charge is 2.36. The third kappa shape index (κ3) is 15.1. The number of aliphatic carboxylic acids is 1. The van der Waals surface area contributed by atoms with Crippen LogP contribution in [0.15, 0.2) is 132 Å². The van der Waals surface area contributed by atoms with Crippen molar-refractivity contribution in [1.82, 2.24) is 20.0 Å². The van der Waals surface area contributed by atoms with E-state index in [1.165, 1.54) is 37.1 Å². The predicted molar refractivity (Wildman–Crippen MR) is 317 cm³/mol. The summed E-state index contributed by atoms with van der Waals surface area (Å²) in [6.07, 6.45) is 7.93. The van der Waals surface area contributed by atoms with Gasteiger partial charge in [0, 0.05) is 49.9 Å². The lowest BCUT2D eigenvalue weighted by atomic mass is 9.95. The second-order valence-electron chi connectivity index (χ2n) is 21.8. The second kappa shape index (κ2) is 27.2. The molecular weight excluding hydrogens is 1110 g/mol. The first-order valence-electron chi connectivity index (χ1n) is 28.3. The maximum Gasteiger partial charge on any atom is 0.358 e. The van der Waals surface area contributed by atoms with E-state index in [0.29, 0.717) is 45.1 Å². The number of carbonyl (C=O) groups excluding carboxylic acids is 1. The number of fused-ring (bicyclic) bond motifs is 2. The molecular formula is C64H70Cl2F2N6O9. The van der Waals surface area contributed by atoms with E-state index in [4.69, 9.17) is 47.5 Å². The number of likely N-dealkylation sites (N-methyl/N-ethyl adjacent to an activating group) is 2. The molecule has 83 heavy (non-hydrogen) atoms. The van der Waals surface area contributed by atoms with Crippen molar-refractivity contribution >= 4 is 46.5 Å². The summed E-state index contributed by atoms with van der Waals surface area (Å²) >= 11 is 12.8. The summed E-state index contributed by atoms with van der Waals surface area (Å²) in [4.78, 5) is 41.7. The molecule has 6 aromatic carbocycles. The van der Waals surface area contributed by atoms with Gasteiger partial charge in [0.2, 0.25) is 0 Å². The molecule has 4 aliphatic heterocycles. The number of halogens is 4. The van der Waals surface area contributed by atoms with Crippen molar-refractivity contribution in [3.05, 3.63) is 176 Å². The average molecular weight is 1180 g/mol. The molecule has 6 aliphatic rings. The molecule has 438 valence electrons. The van der Waals surface area contributed by atoms with Crippen LogP contribution in [0.4, 0.5) is 8.78 Å². The fourth-order valence-electron chi connectivity index (χ4n) is 10.6. The van der Waals surface area contributed by atoms with Crippen molar-refractivity contribution in [2.45, 2.75) is 101 Å². The summed E-state index contributed by atoms with van der Waals surface area (Å²) in [5.41, 5.74) is 7.82. The van der Waals surface area contributed by atoms with Crippen molar-refractivity contribution in [2.24, 2.45) is 10.3 Å². The van der Waals surface area contributed by atoms with E-state index < -0.39 is 24.2 Å². The van der Waals surface area contributed by atoms with E-state index in [1.54, 1.807) is 60.5 Å². The first-order valence-corrected chi connectivity index (χ1v) is 29.0. The Hall–Kier alpha value is -6.96. The number of nitrogens with one attached hydrogen (secondary N) is 1. The van der Waals surface area contributed by atoms with Crippen LogP contribution in [0.3, 0.4) is 0 Å². The Bertz CT molecular complexity index is 3320. The highest BCUT2D eigenvalue weighted by Crippen LogP contribution is 2.37. The third-order valence-electron chi connectivity index (χ3n) is 15.7. The first-order chi connectivity index (χ1) is 40.2. The normalized spacial score (nSPS) is 17.9. The van der Waals surface area contributed by atoms with Crippen LogP contribution in [0, 0.1) is 11.6 Å². The predicted octanol–water partition coefficient (Wildman–Crippen LogP) is 11.2. The van der Waals surface area contributed by atoms with Gasteiger partial charge in [0.1, 0.15) is 42.5 Å². The number of amides is 1. The number of aliphatic hydroxyl groups excluding tert-OH is 2. The number of rotatable bonds is 18. The Kier molecular flexibility index (Phi) is 19.4. The standard InChI is InChI=1S/C32H33ClFN3O4.C17H25ClN2O2.C15H10FNO3.H2/c1-36(32(39)30-26-12-6-21(16-23(26)19-40-35-30)20-4-8-24(34)9-5-20)28(18-37-14-2-3-15-37)31(38)22-7-13-29(27(33)17-22)41-25-10-11-25;1-19-15(11-20-8-2-3-9-20)17(21)12-4-7-16(14(18)10-12)22-13-5-6-13;16-12-4-1-9(2-5-12)10-3-6-13-11(7-10)8-20-17-14(13)15(18)19;/h4-9,12-13,16-17,25,28,31,38H,2-3,10-11,14-15,18-19H2,1H3;4,7,10,13,15,17,19,21H,2-3,5-6,8-9,11H2,1H3;1-7H,8H2,(H,18,19);1H/t28-,31-;15-,17-;;/m11../s1. The van der Waals surface area contributed by atoms with Crippen molar-refractivity contribution in [2.75, 3.05) is 53.4 Å². The van der Waals surface area contributed by atoms with Crippen LogP contribution in [-0.2, 0) is 32.5 Å². The minimum absolute atomic E-state index is 0. The average Bonchev–Trinajstić information content (AvgIpc) is 4.00. The van der Waals surface area contributed by atoms with Crippen LogP contribution in [0.2, 0.25) is 10.0 Å². The van der Waals surface area contributed by atoms with Crippen LogP contribution < -0.4 is 14.8 Å². The minimum atomic E-state index is -1.12. The number of carbonyl (C=O) groups is 2. The summed E-state index contributed by atoms with van der Waals surface area (Å²) in [5, 5.41) is 43.3. The fourth-order valence-corrected chi connectivity index (χ4v) is 11.1. The van der Waals surface area contributed by atoms with Crippen molar-refractivity contribution in [3.63, 3.8) is 0 Å². The van der Waals surface area contributed by atoms with E-state index in [-0.39, 0.29) is 55.8 Å². The van der Waals surface area contributed by atoms with E-state index in [1.807, 2.05) is 55.6 Å². The number of likely N-dealkylation sites (tertiary alicyclic amines) is 2. The van der Waals surface area contributed by atoms with Gasteiger partial charge >= 0.3 is 5.97 Å². The van der Waals surface area contributed by atoms with Crippen molar-refractivity contribution < 1.29 is 54.3 Å². The Morgan fingerprint density at radius 2 is 1.07 bits per heavy atom. The molecule has 0 unspecified atom stereocenters. The highest BCUT2D eigenvalue weighted by atomic mass is 35.5. The van der Waals surface area contributed by atoms with Gasteiger partial charge in [-0.05, 0) is 179 Å².